The number of carbonyl (C=O) groups is 7. The van der Waals surface area contributed by atoms with E-state index in [0.717, 1.165) is 63.1 Å². The van der Waals surface area contributed by atoms with E-state index in [-0.39, 0.29) is 24.3 Å². The van der Waals surface area contributed by atoms with Gasteiger partial charge in [-0.25, -0.2) is 9.59 Å². The van der Waals surface area contributed by atoms with Crippen molar-refractivity contribution in [1.82, 2.24) is 29.6 Å². The van der Waals surface area contributed by atoms with Crippen molar-refractivity contribution in [3.05, 3.63) is 142 Å². The Bertz CT molecular complexity index is 5620. The normalized spacial score (nSPS) is 35.2. The van der Waals surface area contributed by atoms with E-state index >= 15 is 9.59 Å². The van der Waals surface area contributed by atoms with Crippen LogP contribution in [0.3, 0.4) is 0 Å². The molecule has 1 amide bonds. The Hall–Kier alpha value is -9.43. The van der Waals surface area contributed by atoms with E-state index in [1.54, 1.807) is 13.2 Å². The number of piperidine rings is 2. The van der Waals surface area contributed by atoms with Crippen molar-refractivity contribution in [3.8, 4) is 11.5 Å². The molecule has 6 N–H and O–H groups in total. The smallest absolute Gasteiger partial charge is 0.344 e. The zero-order valence-corrected chi connectivity index (χ0v) is 81.3. The first-order chi connectivity index (χ1) is 65.9. The molecule has 137 heavy (non-hydrogen) atoms. The van der Waals surface area contributed by atoms with Gasteiger partial charge in [-0.2, -0.15) is 0 Å². The maximum absolute atomic E-state index is 15.3. The van der Waals surface area contributed by atoms with Crippen molar-refractivity contribution < 1.29 is 120 Å². The number of nitrogens with one attached hydrogen (secondary N) is 2. The molecular weight excluding hydrogens is 1760 g/mol. The summed E-state index contributed by atoms with van der Waals surface area (Å²) in [7, 11) is 10.2. The molecular formula is C104H136N8O25. The molecule has 14 aliphatic rings. The number of amides is 1. The predicted octanol–water partition coefficient (Wildman–Crippen LogP) is 7.36. The molecule has 14 heterocycles. The summed E-state index contributed by atoms with van der Waals surface area (Å²) in [5.41, 5.74) is -4.78. The molecule has 4 bridgehead atoms. The van der Waals surface area contributed by atoms with Crippen LogP contribution in [0.25, 0.3) is 21.8 Å². The molecule has 6 aromatic rings. The van der Waals surface area contributed by atoms with Gasteiger partial charge >= 0.3 is 35.8 Å². The van der Waals surface area contributed by atoms with Gasteiger partial charge in [0.2, 0.25) is 17.6 Å². The third-order valence-electron chi connectivity index (χ3n) is 33.6. The highest BCUT2D eigenvalue weighted by atomic mass is 16.6. The van der Waals surface area contributed by atoms with Crippen molar-refractivity contribution in [2.24, 2.45) is 22.7 Å². The molecule has 2 spiro atoms. The van der Waals surface area contributed by atoms with Crippen LogP contribution in [0.5, 0.6) is 11.5 Å². The highest BCUT2D eigenvalue weighted by Crippen LogP contribution is 2.71. The number of esters is 6. The number of aliphatic hydroxyl groups is 4. The van der Waals surface area contributed by atoms with Gasteiger partial charge in [0.05, 0.1) is 138 Å². The number of likely N-dealkylation sites (N-methyl/N-ethyl adjacent to an activating group) is 1. The van der Waals surface area contributed by atoms with Crippen molar-refractivity contribution in [1.29, 1.82) is 0 Å². The van der Waals surface area contributed by atoms with Crippen LogP contribution in [-0.2, 0) is 125 Å². The molecule has 33 nitrogen and oxygen atoms in total. The van der Waals surface area contributed by atoms with Crippen molar-refractivity contribution in [2.75, 3.05) is 191 Å². The summed E-state index contributed by atoms with van der Waals surface area (Å²) in [6.45, 7) is 23.4. The lowest BCUT2D eigenvalue weighted by atomic mass is 9.47. The van der Waals surface area contributed by atoms with Crippen molar-refractivity contribution >= 4 is 75.4 Å². The monoisotopic (exact) mass is 1900 g/mol. The Balaban J connectivity index is 0.000000154. The Labute approximate surface area is 799 Å². The van der Waals surface area contributed by atoms with Crippen LogP contribution < -0.4 is 19.3 Å². The fraction of sp³-hybridized carbons (Fsp3) is 0.625. The van der Waals surface area contributed by atoms with Crippen molar-refractivity contribution in [2.45, 2.75) is 211 Å². The molecule has 33 heteroatoms. The number of fused-ring (bicyclic) bond motifs is 12. The lowest BCUT2D eigenvalue weighted by molar-refractivity contribution is -0.229. The molecule has 4 unspecified atom stereocenters. The second-order valence-corrected chi connectivity index (χ2v) is 40.6. The van der Waals surface area contributed by atoms with Crippen LogP contribution in [0, 0.1) is 22.7 Å². The average molecular weight is 1900 g/mol. The standard InChI is InChI=1S/C46H56N4O10.C46H58N4O9.C12H22O6/c1-7-42(55)22-28-23-45(40(53)58-5,36-30(14-18-48(24-28)25-42)29-12-9-10-13-33(29)47-36)32-20-31-34(21-35(32)57-4)50(26-51)38-44(31)16-19-49-17-11-15-43(8-2,37(44)49)39(60-27(3)52)46(38,56)41(54)59-6;1-8-42(54)23-28-24-45(40(52)57-6,36-30(15-19-49(25-28)26-42)29-13-10-11-14-33(29)47-36)32-21-31-34(22-35(32)56-5)48(4)38-44(31)17-20-50-18-12-16-43(9-2,37(44)50)39(59-27(3)51)46(38,55)41(53)58-7;1(13-3-5-15-7-11-9-17-11)2-14-4-6-16-8-12-10-18-12/h9-13,15,20-21,26,28,37-39,47,55-56H,7-8,14,16-19,22-25H2,1-6H3;10-14,16,21-22,28,37-39,47,54-55H,8-9,15,17-20,23-26H2,1-7H3;11-12H,1-10H2/t28-,37+,38-,39-,42+,43-,44-,45+,46+;28-,37-,38+,39+,42-,43+,44+,45-,46-;/m10./s1. The lowest BCUT2D eigenvalue weighted by Crippen LogP contribution is -2.81. The minimum atomic E-state index is -2.53. The number of aromatic amines is 2. The molecule has 6 saturated heterocycles. The number of hydrogen-bond donors (Lipinski definition) is 6. The number of H-pyrrole nitrogens is 2. The highest BCUT2D eigenvalue weighted by molar-refractivity contribution is 5.99. The van der Waals surface area contributed by atoms with Crippen LogP contribution in [-0.4, -0.2) is 344 Å². The quantitative estimate of drug-likeness (QED) is 0.00697. The Morgan fingerprint density at radius 3 is 1.28 bits per heavy atom. The number of anilines is 2. The summed E-state index contributed by atoms with van der Waals surface area (Å²) in [4.78, 5) is 119. The van der Waals surface area contributed by atoms with E-state index in [1.165, 1.54) is 54.3 Å². The lowest BCUT2D eigenvalue weighted by Gasteiger charge is -2.63. The first-order valence-electron chi connectivity index (χ1n) is 49.0. The first kappa shape index (κ1) is 97.8. The Morgan fingerprint density at radius 2 is 0.891 bits per heavy atom. The van der Waals surface area contributed by atoms with Crippen LogP contribution in [0.2, 0.25) is 0 Å². The van der Waals surface area contributed by atoms with Crippen LogP contribution in [0.1, 0.15) is 151 Å². The highest BCUT2D eigenvalue weighted by Gasteiger charge is 2.83. The topological polar surface area (TPSA) is 387 Å². The van der Waals surface area contributed by atoms with E-state index in [2.05, 4.69) is 59.9 Å². The number of para-hydroxylation sites is 2. The largest absolute Gasteiger partial charge is 0.496 e. The number of epoxide rings is 2. The maximum atomic E-state index is 15.3. The minimum absolute atomic E-state index is 0.0986. The van der Waals surface area contributed by atoms with E-state index < -0.39 is 121 Å². The average Bonchev–Trinajstić information content (AvgIpc) is 1.48. The molecule has 8 fully saturated rings. The zero-order chi connectivity index (χ0) is 96.9. The van der Waals surface area contributed by atoms with E-state index in [9.17, 15) is 44.4 Å². The first-order valence-corrected chi connectivity index (χ1v) is 49.0. The number of benzene rings is 4. The second kappa shape index (κ2) is 37.9. The third-order valence-corrected chi connectivity index (χ3v) is 33.6. The third kappa shape index (κ3) is 15.7. The summed E-state index contributed by atoms with van der Waals surface area (Å²) in [6, 6.07) is 20.9. The summed E-state index contributed by atoms with van der Waals surface area (Å²) in [5, 5.41) is 52.6. The van der Waals surface area contributed by atoms with E-state index in [4.69, 9.17) is 66.3 Å². The number of aromatic nitrogens is 2. The summed E-state index contributed by atoms with van der Waals surface area (Å²) >= 11 is 0. The number of rotatable bonds is 28. The van der Waals surface area contributed by atoms with Gasteiger partial charge in [-0.15, -0.1) is 0 Å². The summed E-state index contributed by atoms with van der Waals surface area (Å²) < 4.78 is 79.0. The van der Waals surface area contributed by atoms with Gasteiger partial charge in [0.1, 0.15) is 34.5 Å². The van der Waals surface area contributed by atoms with Gasteiger partial charge < -0.3 is 107 Å². The van der Waals surface area contributed by atoms with Gasteiger partial charge in [-0.3, -0.25) is 43.6 Å². The fourth-order valence-corrected chi connectivity index (χ4v) is 28.2. The number of methoxy groups -OCH3 is 6. The molecule has 2 aliphatic carbocycles. The zero-order valence-electron chi connectivity index (χ0n) is 81.3. The Kier molecular flexibility index (Phi) is 27.0. The molecule has 2 aromatic heterocycles. The van der Waals surface area contributed by atoms with Gasteiger partial charge in [-0.05, 0) is 148 Å². The van der Waals surface area contributed by atoms with Crippen LogP contribution in [0.15, 0.2) is 97.1 Å². The number of nitrogens with zero attached hydrogens (tertiary/aromatic N) is 6. The van der Waals surface area contributed by atoms with E-state index in [1.807, 2.05) is 100 Å². The molecule has 0 radical (unpaired) electrons. The molecule has 2 saturated carbocycles. The molecule has 20 rings (SSSR count). The molecule has 742 valence electrons. The van der Waals surface area contributed by atoms with Crippen molar-refractivity contribution in [3.63, 3.8) is 0 Å². The predicted molar refractivity (Wildman–Crippen MR) is 504 cm³/mol. The van der Waals surface area contributed by atoms with Gasteiger partial charge in [-0.1, -0.05) is 88.4 Å². The maximum Gasteiger partial charge on any atom is 0.344 e. The van der Waals surface area contributed by atoms with Gasteiger partial charge in [0, 0.05) is 169 Å². The molecule has 12 aliphatic heterocycles. The number of hydrogen-bond acceptors (Lipinski definition) is 30. The Morgan fingerprint density at radius 1 is 0.489 bits per heavy atom. The van der Waals surface area contributed by atoms with Gasteiger partial charge in [0.25, 0.3) is 0 Å². The SMILES string of the molecule is C(COCCOCC1CO1)OCCOCC1CO1.CC[C@]1(O)C[C@@H]2CN(CCc3c([nH]c4ccccc34)[C@@](C(=O)OC)(c3cc4c(cc3OC)N(C)[C@H]3[C@@](O)(C(=O)OC)[C@H](OC(C)=O)[C@]5(CC)C=CCN6CC[C@]43[C@@H]65)C2)C1.CC[C@]1(O)C[C@H]2CN(CCc3c([nH]c4ccccc34)[C@@](C(=O)OC)(c3cc4c(cc3OC)N(C=O)[C@H]3[C@@](O)(C(=O)OC)[C@H](OC(C)=O)[C@]5(CC)C=CCN6CC[C@]43[C@@H]65)C2)C1. The number of ether oxygens (including phenoxy) is 14. The molecule has 4 aromatic carbocycles. The van der Waals surface area contributed by atoms with Crippen LogP contribution in [0.4, 0.5) is 11.4 Å². The number of carbonyl (C=O) groups excluding carboxylic acids is 7. The summed E-state index contributed by atoms with van der Waals surface area (Å²) in [6.07, 6.45) is 12.4. The molecule has 22 atom stereocenters. The minimum Gasteiger partial charge on any atom is -0.496 e. The van der Waals surface area contributed by atoms with E-state index in [0.29, 0.717) is 247 Å². The second-order valence-electron chi connectivity index (χ2n) is 40.6. The van der Waals surface area contributed by atoms with Gasteiger partial charge in [0.15, 0.2) is 12.2 Å². The summed E-state index contributed by atoms with van der Waals surface area (Å²) in [5.74, 6) is -3.63. The van der Waals surface area contributed by atoms with Crippen LogP contribution >= 0.6 is 0 Å². The fourth-order valence-electron chi connectivity index (χ4n) is 28.2.